The van der Waals surface area contributed by atoms with Crippen LogP contribution in [0.4, 0.5) is 17.1 Å². The number of nitrogens with zero attached hydrogens (tertiary/aromatic N) is 1. The van der Waals surface area contributed by atoms with Gasteiger partial charge in [0.15, 0.2) is 0 Å². The van der Waals surface area contributed by atoms with Gasteiger partial charge in [-0.05, 0) is 93.7 Å². The Hall–Kier alpha value is -4.40. The minimum absolute atomic E-state index is 1.10. The van der Waals surface area contributed by atoms with Crippen LogP contribution in [0, 0.1) is 0 Å². The van der Waals surface area contributed by atoms with Gasteiger partial charge in [-0.3, -0.25) is 0 Å². The van der Waals surface area contributed by atoms with Gasteiger partial charge in [-0.25, -0.2) is 0 Å². The van der Waals surface area contributed by atoms with Crippen LogP contribution in [-0.4, -0.2) is 0 Å². The van der Waals surface area contributed by atoms with Crippen molar-refractivity contribution in [3.05, 3.63) is 173 Å². The maximum absolute atomic E-state index is 3.58. The predicted molar refractivity (Wildman–Crippen MR) is 166 cm³/mol. The Morgan fingerprint density at radius 3 is 1.61 bits per heavy atom. The average molecular weight is 553 g/mol. The minimum Gasteiger partial charge on any atom is -0.311 e. The van der Waals surface area contributed by atoms with Crippen LogP contribution in [-0.2, 0) is 0 Å². The van der Waals surface area contributed by atoms with E-state index in [0.29, 0.717) is 0 Å². The Balaban J connectivity index is 1.43. The van der Waals surface area contributed by atoms with E-state index in [1.165, 1.54) is 33.0 Å². The molecular formula is C36H26BrN. The third-order valence-electron chi connectivity index (χ3n) is 6.69. The third kappa shape index (κ3) is 5.18. The first-order valence-corrected chi connectivity index (χ1v) is 13.5. The van der Waals surface area contributed by atoms with Gasteiger partial charge in [0.05, 0.1) is 0 Å². The van der Waals surface area contributed by atoms with Crippen molar-refractivity contribution >= 4 is 55.4 Å². The lowest BCUT2D eigenvalue weighted by molar-refractivity contribution is 1.28. The van der Waals surface area contributed by atoms with E-state index in [0.717, 1.165) is 21.5 Å². The average Bonchev–Trinajstić information content (AvgIpc) is 2.98. The topological polar surface area (TPSA) is 3.24 Å². The highest BCUT2D eigenvalue weighted by Crippen LogP contribution is 2.36. The van der Waals surface area contributed by atoms with Gasteiger partial charge < -0.3 is 4.90 Å². The number of benzene rings is 6. The number of halogens is 1. The first-order chi connectivity index (χ1) is 18.7. The van der Waals surface area contributed by atoms with E-state index in [-0.39, 0.29) is 0 Å². The summed E-state index contributed by atoms with van der Waals surface area (Å²) in [5.41, 5.74) is 8.13. The molecule has 0 unspecified atom stereocenters. The van der Waals surface area contributed by atoms with Crippen molar-refractivity contribution in [3.8, 4) is 0 Å². The monoisotopic (exact) mass is 551 g/mol. The van der Waals surface area contributed by atoms with Gasteiger partial charge in [-0.1, -0.05) is 113 Å². The Morgan fingerprint density at radius 1 is 0.474 bits per heavy atom. The highest BCUT2D eigenvalue weighted by Gasteiger charge is 2.13. The number of rotatable bonds is 6. The van der Waals surface area contributed by atoms with E-state index in [9.17, 15) is 0 Å². The van der Waals surface area contributed by atoms with Crippen molar-refractivity contribution in [1.29, 1.82) is 0 Å². The smallest absolute Gasteiger partial charge is 0.0462 e. The van der Waals surface area contributed by atoms with Crippen molar-refractivity contribution in [3.63, 3.8) is 0 Å². The van der Waals surface area contributed by atoms with Crippen molar-refractivity contribution in [2.24, 2.45) is 0 Å². The second-order valence-corrected chi connectivity index (χ2v) is 10.1. The molecule has 0 radical (unpaired) electrons. The van der Waals surface area contributed by atoms with Gasteiger partial charge in [-0.15, -0.1) is 0 Å². The third-order valence-corrected chi connectivity index (χ3v) is 7.18. The molecule has 0 aliphatic carbocycles. The molecule has 0 saturated carbocycles. The molecule has 0 N–H and O–H groups in total. The molecule has 0 bridgehead atoms. The summed E-state index contributed by atoms with van der Waals surface area (Å²) in [6.07, 6.45) is 2.29. The quantitative estimate of drug-likeness (QED) is 0.186. The van der Waals surface area contributed by atoms with Crippen LogP contribution < -0.4 is 4.90 Å². The van der Waals surface area contributed by atoms with Crippen molar-refractivity contribution in [1.82, 2.24) is 0 Å². The zero-order chi connectivity index (χ0) is 25.7. The van der Waals surface area contributed by atoms with Crippen LogP contribution in [0.25, 0.3) is 22.4 Å². The van der Waals surface area contributed by atoms with Crippen LogP contribution in [0.2, 0.25) is 0 Å². The van der Waals surface area contributed by atoms with Crippen LogP contribution >= 0.6 is 15.9 Å². The molecule has 0 spiro atoms. The summed E-state index contributed by atoms with van der Waals surface area (Å²) >= 11 is 3.58. The largest absolute Gasteiger partial charge is 0.311 e. The van der Waals surface area contributed by atoms with E-state index in [2.05, 4.69) is 179 Å². The highest BCUT2D eigenvalue weighted by molar-refractivity contribution is 9.10. The maximum atomic E-state index is 3.58. The van der Waals surface area contributed by atoms with E-state index in [4.69, 9.17) is 0 Å². The second kappa shape index (κ2) is 10.9. The molecule has 0 saturated heterocycles. The summed E-state index contributed by atoms with van der Waals surface area (Å²) in [4.78, 5) is 2.29. The van der Waals surface area contributed by atoms with Gasteiger partial charge in [-0.2, -0.15) is 0 Å². The zero-order valence-corrected chi connectivity index (χ0v) is 22.4. The molecule has 38 heavy (non-hydrogen) atoms. The molecule has 1 nitrogen and oxygen atoms in total. The molecule has 2 heteroatoms. The first-order valence-electron chi connectivity index (χ1n) is 12.7. The van der Waals surface area contributed by atoms with Crippen molar-refractivity contribution in [2.45, 2.75) is 0 Å². The Kier molecular flexibility index (Phi) is 6.89. The molecule has 6 rings (SSSR count). The van der Waals surface area contributed by atoms with Crippen molar-refractivity contribution in [2.75, 3.05) is 4.90 Å². The van der Waals surface area contributed by atoms with Crippen LogP contribution in [0.15, 0.2) is 156 Å². The molecule has 0 heterocycles. The number of para-hydroxylation sites is 2. The van der Waals surface area contributed by atoms with Gasteiger partial charge >= 0.3 is 0 Å². The fourth-order valence-electron chi connectivity index (χ4n) is 4.83. The number of hydrogen-bond acceptors (Lipinski definition) is 1. The molecular weight excluding hydrogens is 526 g/mol. The van der Waals surface area contributed by atoms with E-state index in [1.54, 1.807) is 0 Å². The number of hydrogen-bond donors (Lipinski definition) is 0. The molecule has 0 atom stereocenters. The van der Waals surface area contributed by atoms with E-state index < -0.39 is 0 Å². The summed E-state index contributed by atoms with van der Waals surface area (Å²) in [5, 5.41) is 2.45. The van der Waals surface area contributed by atoms with Crippen LogP contribution in [0.1, 0.15) is 16.7 Å². The first kappa shape index (κ1) is 24.0. The molecule has 0 aromatic heterocycles. The van der Waals surface area contributed by atoms with Crippen LogP contribution in [0.5, 0.6) is 0 Å². The maximum Gasteiger partial charge on any atom is 0.0462 e. The van der Waals surface area contributed by atoms with Crippen molar-refractivity contribution < 1.29 is 0 Å². The summed E-state index contributed by atoms with van der Waals surface area (Å²) in [6, 6.07) is 53.6. The van der Waals surface area contributed by atoms with Gasteiger partial charge in [0.25, 0.3) is 0 Å². The molecule has 0 amide bonds. The Morgan fingerprint density at radius 2 is 0.974 bits per heavy atom. The fraction of sp³-hybridized carbons (Fsp3) is 0. The summed E-state index contributed by atoms with van der Waals surface area (Å²) in [5.74, 6) is 0. The molecule has 6 aromatic carbocycles. The van der Waals surface area contributed by atoms with E-state index >= 15 is 0 Å². The summed E-state index contributed by atoms with van der Waals surface area (Å²) < 4.78 is 1.10. The Bertz CT molecular complexity index is 1650. The Labute approximate surface area is 232 Å². The predicted octanol–water partition coefficient (Wildman–Crippen LogP) is 10.7. The van der Waals surface area contributed by atoms with E-state index in [1.807, 2.05) is 0 Å². The standard InChI is InChI=1S/C36H26BrN/c37-32-21-18-30-24-27(16-17-31(30)26-32)25-36(28-10-4-1-5-11-28)29-19-22-35(23-20-29)38(33-12-6-2-7-13-33)34-14-8-3-9-15-34/h1-26H/b36-25+. The number of fused-ring (bicyclic) bond motifs is 1. The summed E-state index contributed by atoms with van der Waals surface area (Å²) in [6.45, 7) is 0. The lowest BCUT2D eigenvalue weighted by atomic mass is 9.94. The molecule has 6 aromatic rings. The van der Waals surface area contributed by atoms with Gasteiger partial charge in [0, 0.05) is 21.5 Å². The molecule has 0 fully saturated rings. The zero-order valence-electron chi connectivity index (χ0n) is 20.8. The minimum atomic E-state index is 1.10. The van der Waals surface area contributed by atoms with Gasteiger partial charge in [0.1, 0.15) is 0 Å². The lowest BCUT2D eigenvalue weighted by Crippen LogP contribution is -2.09. The number of anilines is 3. The van der Waals surface area contributed by atoms with Gasteiger partial charge in [0.2, 0.25) is 0 Å². The molecule has 0 aliphatic rings. The lowest BCUT2D eigenvalue weighted by Gasteiger charge is -2.25. The highest BCUT2D eigenvalue weighted by atomic mass is 79.9. The molecule has 182 valence electrons. The second-order valence-electron chi connectivity index (χ2n) is 9.23. The SMILES string of the molecule is Brc1ccc2cc(/C=C(\c3ccccc3)c3ccc(N(c4ccccc4)c4ccccc4)cc3)ccc2c1. The van der Waals surface area contributed by atoms with Crippen LogP contribution in [0.3, 0.4) is 0 Å². The normalized spacial score (nSPS) is 11.4. The molecule has 0 aliphatic heterocycles. The summed E-state index contributed by atoms with van der Waals surface area (Å²) in [7, 11) is 0. The fourth-order valence-corrected chi connectivity index (χ4v) is 5.21.